The fourth-order valence-electron chi connectivity index (χ4n) is 1.88. The minimum Gasteiger partial charge on any atom is -0.448 e. The SMILES string of the molecule is CNS(=O)(=O)c1cc(C(=O)N(C)CCC(N)C(C)C)c(C)o1. The molecule has 0 spiro atoms. The monoisotopic (exact) mass is 331 g/mol. The van der Waals surface area contributed by atoms with Gasteiger partial charge in [0.1, 0.15) is 5.76 Å². The second-order valence-corrected chi connectivity index (χ2v) is 7.48. The van der Waals surface area contributed by atoms with E-state index in [1.165, 1.54) is 18.0 Å². The van der Waals surface area contributed by atoms with Gasteiger partial charge < -0.3 is 15.1 Å². The number of nitrogens with zero attached hydrogens (tertiary/aromatic N) is 1. The van der Waals surface area contributed by atoms with Crippen LogP contribution in [0.15, 0.2) is 15.6 Å². The topological polar surface area (TPSA) is 106 Å². The van der Waals surface area contributed by atoms with E-state index in [0.717, 1.165) is 0 Å². The quantitative estimate of drug-likeness (QED) is 0.773. The molecule has 3 N–H and O–H groups in total. The first-order valence-corrected chi connectivity index (χ1v) is 8.63. The van der Waals surface area contributed by atoms with Crippen LogP contribution >= 0.6 is 0 Å². The van der Waals surface area contributed by atoms with Crippen LogP contribution in [0.5, 0.6) is 0 Å². The minimum absolute atomic E-state index is 0.0147. The zero-order valence-electron chi connectivity index (χ0n) is 13.7. The molecule has 0 saturated carbocycles. The highest BCUT2D eigenvalue weighted by Crippen LogP contribution is 2.20. The van der Waals surface area contributed by atoms with Gasteiger partial charge in [0, 0.05) is 25.7 Å². The summed E-state index contributed by atoms with van der Waals surface area (Å²) in [5, 5.41) is -0.261. The number of carbonyl (C=O) groups excluding carboxylic acids is 1. The number of sulfonamides is 1. The molecule has 0 aliphatic heterocycles. The predicted octanol–water partition coefficient (Wildman–Crippen LogP) is 0.942. The average Bonchev–Trinajstić information content (AvgIpc) is 2.86. The van der Waals surface area contributed by atoms with Crippen LogP contribution < -0.4 is 10.5 Å². The Hall–Kier alpha value is -1.38. The van der Waals surface area contributed by atoms with E-state index in [-0.39, 0.29) is 28.4 Å². The number of amides is 1. The lowest BCUT2D eigenvalue weighted by molar-refractivity contribution is 0.0787. The van der Waals surface area contributed by atoms with E-state index < -0.39 is 10.0 Å². The molecule has 1 rings (SSSR count). The maximum atomic E-state index is 12.4. The van der Waals surface area contributed by atoms with E-state index in [2.05, 4.69) is 4.72 Å². The number of nitrogens with one attached hydrogen (secondary N) is 1. The first kappa shape index (κ1) is 18.7. The van der Waals surface area contributed by atoms with E-state index in [1.54, 1.807) is 14.0 Å². The lowest BCUT2D eigenvalue weighted by Crippen LogP contribution is -2.34. The van der Waals surface area contributed by atoms with E-state index in [0.29, 0.717) is 18.9 Å². The summed E-state index contributed by atoms with van der Waals surface area (Å²) < 4.78 is 30.7. The van der Waals surface area contributed by atoms with Crippen molar-refractivity contribution < 1.29 is 17.6 Å². The third-order valence-corrected chi connectivity index (χ3v) is 4.93. The standard InChI is InChI=1S/C14H25N3O4S/c1-9(2)12(15)6-7-17(5)14(18)11-8-13(21-10(11)3)22(19,20)16-4/h8-9,12,16H,6-7,15H2,1-5H3. The van der Waals surface area contributed by atoms with Crippen molar-refractivity contribution in [3.8, 4) is 0 Å². The number of rotatable bonds is 7. The number of furan rings is 1. The molecule has 0 aromatic carbocycles. The van der Waals surface area contributed by atoms with Crippen LogP contribution in [0.4, 0.5) is 0 Å². The number of nitrogens with two attached hydrogens (primary N) is 1. The third-order valence-electron chi connectivity index (χ3n) is 3.66. The molecule has 0 saturated heterocycles. The summed E-state index contributed by atoms with van der Waals surface area (Å²) in [6.45, 7) is 6.12. The van der Waals surface area contributed by atoms with Crippen molar-refractivity contribution in [3.05, 3.63) is 17.4 Å². The van der Waals surface area contributed by atoms with Crippen LogP contribution in [0.1, 0.15) is 36.4 Å². The lowest BCUT2D eigenvalue weighted by atomic mass is 10.0. The van der Waals surface area contributed by atoms with Crippen LogP contribution in [0.3, 0.4) is 0 Å². The van der Waals surface area contributed by atoms with Crippen LogP contribution in [-0.4, -0.2) is 45.9 Å². The van der Waals surface area contributed by atoms with Crippen LogP contribution in [0.2, 0.25) is 0 Å². The van der Waals surface area contributed by atoms with Gasteiger partial charge in [0.25, 0.3) is 15.9 Å². The van der Waals surface area contributed by atoms with Crippen molar-refractivity contribution >= 4 is 15.9 Å². The van der Waals surface area contributed by atoms with Gasteiger partial charge in [-0.05, 0) is 26.3 Å². The van der Waals surface area contributed by atoms with Gasteiger partial charge in [-0.25, -0.2) is 13.1 Å². The fraction of sp³-hybridized carbons (Fsp3) is 0.643. The molecule has 22 heavy (non-hydrogen) atoms. The van der Waals surface area contributed by atoms with Crippen molar-refractivity contribution in [2.24, 2.45) is 11.7 Å². The smallest absolute Gasteiger partial charge is 0.273 e. The molecule has 0 fully saturated rings. The van der Waals surface area contributed by atoms with Gasteiger partial charge in [0.05, 0.1) is 5.56 Å². The number of hydrogen-bond acceptors (Lipinski definition) is 5. The van der Waals surface area contributed by atoms with E-state index in [1.807, 2.05) is 13.8 Å². The van der Waals surface area contributed by atoms with Gasteiger partial charge in [-0.1, -0.05) is 13.8 Å². The predicted molar refractivity (Wildman–Crippen MR) is 84.1 cm³/mol. The largest absolute Gasteiger partial charge is 0.448 e. The van der Waals surface area contributed by atoms with Gasteiger partial charge in [-0.2, -0.15) is 0 Å². The van der Waals surface area contributed by atoms with Crippen LogP contribution in [-0.2, 0) is 10.0 Å². The highest BCUT2D eigenvalue weighted by molar-refractivity contribution is 7.89. The van der Waals surface area contributed by atoms with Gasteiger partial charge in [-0.15, -0.1) is 0 Å². The van der Waals surface area contributed by atoms with Crippen molar-refractivity contribution in [2.75, 3.05) is 20.6 Å². The first-order chi connectivity index (χ1) is 10.1. The Labute approximate surface area is 131 Å². The summed E-state index contributed by atoms with van der Waals surface area (Å²) in [7, 11) is -0.757. The summed E-state index contributed by atoms with van der Waals surface area (Å²) in [6, 6.07) is 1.27. The lowest BCUT2D eigenvalue weighted by Gasteiger charge is -2.21. The van der Waals surface area contributed by atoms with Crippen LogP contribution in [0, 0.1) is 12.8 Å². The van der Waals surface area contributed by atoms with E-state index in [4.69, 9.17) is 10.2 Å². The molecule has 8 heteroatoms. The molecule has 1 heterocycles. The Balaban J connectivity index is 2.86. The van der Waals surface area contributed by atoms with E-state index >= 15 is 0 Å². The summed E-state index contributed by atoms with van der Waals surface area (Å²) in [5.74, 6) is 0.333. The molecule has 126 valence electrons. The summed E-state index contributed by atoms with van der Waals surface area (Å²) in [4.78, 5) is 13.9. The van der Waals surface area contributed by atoms with Crippen molar-refractivity contribution in [1.82, 2.24) is 9.62 Å². The molecule has 1 aromatic rings. The summed E-state index contributed by atoms with van der Waals surface area (Å²) in [6.07, 6.45) is 0.679. The molecule has 0 radical (unpaired) electrons. The summed E-state index contributed by atoms with van der Waals surface area (Å²) in [5.41, 5.74) is 6.21. The number of aryl methyl sites for hydroxylation is 1. The van der Waals surface area contributed by atoms with E-state index in [9.17, 15) is 13.2 Å². The Morgan fingerprint density at radius 1 is 1.45 bits per heavy atom. The van der Waals surface area contributed by atoms with Crippen molar-refractivity contribution in [2.45, 2.75) is 38.3 Å². The molecule has 1 atom stereocenters. The minimum atomic E-state index is -3.70. The zero-order chi connectivity index (χ0) is 17.1. The number of carbonyl (C=O) groups is 1. The fourth-order valence-corrected chi connectivity index (χ4v) is 2.59. The maximum absolute atomic E-state index is 12.4. The molecule has 1 unspecified atom stereocenters. The highest BCUT2D eigenvalue weighted by Gasteiger charge is 2.24. The molecule has 0 aliphatic carbocycles. The second kappa shape index (κ2) is 7.26. The Morgan fingerprint density at radius 2 is 2.05 bits per heavy atom. The maximum Gasteiger partial charge on any atom is 0.273 e. The Morgan fingerprint density at radius 3 is 2.55 bits per heavy atom. The molecule has 1 aromatic heterocycles. The second-order valence-electron chi connectivity index (χ2n) is 5.67. The van der Waals surface area contributed by atoms with Crippen molar-refractivity contribution in [1.29, 1.82) is 0 Å². The zero-order valence-corrected chi connectivity index (χ0v) is 14.5. The molecule has 7 nitrogen and oxygen atoms in total. The third kappa shape index (κ3) is 4.31. The summed E-state index contributed by atoms with van der Waals surface area (Å²) >= 11 is 0. The van der Waals surface area contributed by atoms with Gasteiger partial charge in [0.2, 0.25) is 5.09 Å². The highest BCUT2D eigenvalue weighted by atomic mass is 32.2. The molecule has 0 aliphatic rings. The Kier molecular flexibility index (Phi) is 6.16. The first-order valence-electron chi connectivity index (χ1n) is 7.15. The molecular formula is C14H25N3O4S. The number of hydrogen-bond donors (Lipinski definition) is 2. The van der Waals surface area contributed by atoms with Gasteiger partial charge in [-0.3, -0.25) is 4.79 Å². The average molecular weight is 331 g/mol. The van der Waals surface area contributed by atoms with Crippen LogP contribution in [0.25, 0.3) is 0 Å². The van der Waals surface area contributed by atoms with Gasteiger partial charge >= 0.3 is 0 Å². The molecule has 0 bridgehead atoms. The Bertz CT molecular complexity index is 622. The van der Waals surface area contributed by atoms with Crippen molar-refractivity contribution in [3.63, 3.8) is 0 Å². The van der Waals surface area contributed by atoms with Gasteiger partial charge in [0.15, 0.2) is 0 Å². The molecular weight excluding hydrogens is 306 g/mol. The molecule has 1 amide bonds. The normalized spacial score (nSPS) is 13.4.